The number of thioether (sulfide) groups is 1. The van der Waals surface area contributed by atoms with E-state index in [2.05, 4.69) is 31.0 Å². The molecular weight excluding hydrogens is 304 g/mol. The van der Waals surface area contributed by atoms with Crippen molar-refractivity contribution in [3.63, 3.8) is 0 Å². The van der Waals surface area contributed by atoms with Gasteiger partial charge in [-0.25, -0.2) is 4.98 Å². The Morgan fingerprint density at radius 2 is 1.91 bits per heavy atom. The van der Waals surface area contributed by atoms with Gasteiger partial charge in [-0.05, 0) is 37.5 Å². The molecule has 0 unspecified atom stereocenters. The second-order valence-electron chi connectivity index (χ2n) is 8.38. The number of piperidine rings is 1. The Morgan fingerprint density at radius 1 is 1.13 bits per heavy atom. The first-order valence-corrected chi connectivity index (χ1v) is 10.2. The van der Waals surface area contributed by atoms with Crippen LogP contribution in [-0.4, -0.2) is 40.6 Å². The van der Waals surface area contributed by atoms with Crippen molar-refractivity contribution < 1.29 is 4.90 Å². The van der Waals surface area contributed by atoms with Gasteiger partial charge < -0.3 is 4.90 Å². The fourth-order valence-electron chi connectivity index (χ4n) is 5.01. The summed E-state index contributed by atoms with van der Waals surface area (Å²) in [6, 6.07) is 0. The summed E-state index contributed by atoms with van der Waals surface area (Å²) < 4.78 is 0. The Labute approximate surface area is 143 Å². The van der Waals surface area contributed by atoms with E-state index in [9.17, 15) is 0 Å². The molecule has 1 aromatic rings. The van der Waals surface area contributed by atoms with Crippen LogP contribution >= 0.6 is 11.8 Å². The SMILES string of the molecule is CC1(C)[C@@H]2CC[C@@]1(C)c1nc(SCC[NH+]3CCCCC3)nnc12. The van der Waals surface area contributed by atoms with Gasteiger partial charge in [0.05, 0.1) is 36.8 Å². The van der Waals surface area contributed by atoms with Gasteiger partial charge in [0, 0.05) is 11.3 Å². The summed E-state index contributed by atoms with van der Waals surface area (Å²) in [6.45, 7) is 11.1. The highest BCUT2D eigenvalue weighted by Crippen LogP contribution is 2.66. The molecule has 1 aromatic heterocycles. The third kappa shape index (κ3) is 2.42. The standard InChI is InChI=1S/C18H28N4S/c1-17(2)13-7-8-18(17,3)15-14(13)20-21-16(19-15)23-12-11-22-9-5-4-6-10-22/h13H,4-12H2,1-3H3/p+1/t13-,18+/m1/s1. The lowest BCUT2D eigenvalue weighted by Gasteiger charge is -2.33. The molecule has 126 valence electrons. The van der Waals surface area contributed by atoms with E-state index < -0.39 is 0 Å². The van der Waals surface area contributed by atoms with Crippen molar-refractivity contribution in [3.05, 3.63) is 11.4 Å². The van der Waals surface area contributed by atoms with Crippen molar-refractivity contribution >= 4 is 11.8 Å². The topological polar surface area (TPSA) is 43.1 Å². The third-order valence-corrected chi connectivity index (χ3v) is 7.86. The summed E-state index contributed by atoms with van der Waals surface area (Å²) >= 11 is 1.80. The van der Waals surface area contributed by atoms with Crippen molar-refractivity contribution in [1.29, 1.82) is 0 Å². The van der Waals surface area contributed by atoms with E-state index >= 15 is 0 Å². The van der Waals surface area contributed by atoms with Crippen molar-refractivity contribution in [2.75, 3.05) is 25.4 Å². The van der Waals surface area contributed by atoms with E-state index in [1.807, 2.05) is 0 Å². The van der Waals surface area contributed by atoms with Gasteiger partial charge >= 0.3 is 0 Å². The third-order valence-electron chi connectivity index (χ3n) is 7.02. The molecule has 2 heterocycles. The maximum atomic E-state index is 4.97. The van der Waals surface area contributed by atoms with E-state index in [1.165, 1.54) is 63.1 Å². The molecule has 4 rings (SSSR count). The van der Waals surface area contributed by atoms with E-state index in [0.717, 1.165) is 10.9 Å². The molecule has 2 bridgehead atoms. The first kappa shape index (κ1) is 15.8. The summed E-state index contributed by atoms with van der Waals surface area (Å²) in [6.07, 6.45) is 6.71. The molecule has 1 aliphatic heterocycles. The minimum Gasteiger partial charge on any atom is -0.334 e. The van der Waals surface area contributed by atoms with Gasteiger partial charge in [-0.15, -0.1) is 5.10 Å². The van der Waals surface area contributed by atoms with Gasteiger partial charge in [0.25, 0.3) is 0 Å². The maximum Gasteiger partial charge on any atom is 0.209 e. The number of aromatic nitrogens is 3. The number of hydrogen-bond donors (Lipinski definition) is 1. The summed E-state index contributed by atoms with van der Waals surface area (Å²) in [4.78, 5) is 6.72. The van der Waals surface area contributed by atoms with Gasteiger partial charge in [-0.3, -0.25) is 0 Å². The zero-order valence-electron chi connectivity index (χ0n) is 14.7. The second kappa shape index (κ2) is 5.69. The molecule has 1 saturated carbocycles. The zero-order chi connectivity index (χ0) is 16.1. The molecule has 0 spiro atoms. The number of hydrogen-bond acceptors (Lipinski definition) is 4. The van der Waals surface area contributed by atoms with Crippen LogP contribution in [0.5, 0.6) is 0 Å². The van der Waals surface area contributed by atoms with E-state index in [4.69, 9.17) is 4.98 Å². The molecule has 5 heteroatoms. The smallest absolute Gasteiger partial charge is 0.209 e. The van der Waals surface area contributed by atoms with Crippen molar-refractivity contribution in [2.45, 2.75) is 69.4 Å². The highest BCUT2D eigenvalue weighted by molar-refractivity contribution is 7.99. The zero-order valence-corrected chi connectivity index (χ0v) is 15.5. The average molecular weight is 334 g/mol. The lowest BCUT2D eigenvalue weighted by molar-refractivity contribution is -0.902. The van der Waals surface area contributed by atoms with Crippen LogP contribution in [-0.2, 0) is 5.41 Å². The highest BCUT2D eigenvalue weighted by Gasteiger charge is 2.61. The average Bonchev–Trinajstić information content (AvgIpc) is 2.88. The van der Waals surface area contributed by atoms with Gasteiger partial charge in [-0.2, -0.15) is 5.10 Å². The minimum atomic E-state index is 0.191. The van der Waals surface area contributed by atoms with E-state index in [-0.39, 0.29) is 10.8 Å². The number of fused-ring (bicyclic) bond motifs is 5. The molecule has 0 aromatic carbocycles. The second-order valence-corrected chi connectivity index (χ2v) is 9.44. The number of likely N-dealkylation sites (tertiary alicyclic amines) is 1. The molecule has 0 amide bonds. The Bertz CT molecular complexity index is 597. The maximum absolute atomic E-state index is 4.97. The predicted molar refractivity (Wildman–Crippen MR) is 93.1 cm³/mol. The Morgan fingerprint density at radius 3 is 2.70 bits per heavy atom. The van der Waals surface area contributed by atoms with Crippen LogP contribution in [0.4, 0.5) is 0 Å². The number of nitrogens with zero attached hydrogens (tertiary/aromatic N) is 3. The highest BCUT2D eigenvalue weighted by atomic mass is 32.2. The summed E-state index contributed by atoms with van der Waals surface area (Å²) in [5, 5.41) is 9.94. The van der Waals surface area contributed by atoms with Crippen LogP contribution in [0, 0.1) is 5.41 Å². The fourth-order valence-corrected chi connectivity index (χ4v) is 5.84. The van der Waals surface area contributed by atoms with Crippen LogP contribution < -0.4 is 4.90 Å². The molecule has 2 aliphatic carbocycles. The van der Waals surface area contributed by atoms with Crippen LogP contribution in [0.25, 0.3) is 0 Å². The quantitative estimate of drug-likeness (QED) is 0.858. The fraction of sp³-hybridized carbons (Fsp3) is 0.833. The normalized spacial score (nSPS) is 32.2. The molecule has 23 heavy (non-hydrogen) atoms. The van der Waals surface area contributed by atoms with Crippen LogP contribution in [0.3, 0.4) is 0 Å². The molecule has 2 atom stereocenters. The van der Waals surface area contributed by atoms with E-state index in [1.54, 1.807) is 16.7 Å². The van der Waals surface area contributed by atoms with Gasteiger partial charge in [0.1, 0.15) is 0 Å². The van der Waals surface area contributed by atoms with Gasteiger partial charge in [-0.1, -0.05) is 32.5 Å². The van der Waals surface area contributed by atoms with Gasteiger partial charge in [0.15, 0.2) is 0 Å². The lowest BCUT2D eigenvalue weighted by Crippen LogP contribution is -3.13. The molecule has 0 radical (unpaired) electrons. The summed E-state index contributed by atoms with van der Waals surface area (Å²) in [7, 11) is 0. The predicted octanol–water partition coefficient (Wildman–Crippen LogP) is 2.21. The molecular formula is C18H29N4S+. The Balaban J connectivity index is 1.45. The largest absolute Gasteiger partial charge is 0.334 e. The van der Waals surface area contributed by atoms with Crippen LogP contribution in [0.15, 0.2) is 5.16 Å². The van der Waals surface area contributed by atoms with Crippen LogP contribution in [0.1, 0.15) is 70.2 Å². The van der Waals surface area contributed by atoms with Gasteiger partial charge in [0.2, 0.25) is 5.16 Å². The van der Waals surface area contributed by atoms with Crippen molar-refractivity contribution in [3.8, 4) is 0 Å². The molecule has 2 fully saturated rings. The number of quaternary nitrogens is 1. The Kier molecular flexibility index (Phi) is 3.92. The van der Waals surface area contributed by atoms with Crippen molar-refractivity contribution in [2.24, 2.45) is 5.41 Å². The van der Waals surface area contributed by atoms with Crippen molar-refractivity contribution in [1.82, 2.24) is 15.2 Å². The van der Waals surface area contributed by atoms with E-state index in [0.29, 0.717) is 5.92 Å². The Hall–Kier alpha value is -0.680. The molecule has 1 N–H and O–H groups in total. The number of nitrogens with one attached hydrogen (secondary N) is 1. The first-order chi connectivity index (χ1) is 11.0. The lowest BCUT2D eigenvalue weighted by atomic mass is 9.70. The minimum absolute atomic E-state index is 0.191. The number of rotatable bonds is 4. The molecule has 4 nitrogen and oxygen atoms in total. The summed E-state index contributed by atoms with van der Waals surface area (Å²) in [5.74, 6) is 1.67. The summed E-state index contributed by atoms with van der Waals surface area (Å²) in [5.41, 5.74) is 2.91. The van der Waals surface area contributed by atoms with Crippen LogP contribution in [0.2, 0.25) is 0 Å². The monoisotopic (exact) mass is 333 g/mol. The molecule has 3 aliphatic rings. The first-order valence-electron chi connectivity index (χ1n) is 9.24. The molecule has 1 saturated heterocycles.